The Kier molecular flexibility index (Phi) is 6.32. The van der Waals surface area contributed by atoms with Gasteiger partial charge in [-0.2, -0.15) is 0 Å². The van der Waals surface area contributed by atoms with Gasteiger partial charge in [0.05, 0.1) is 6.42 Å². The number of carbonyl (C=O) groups is 2. The molecule has 0 aliphatic heterocycles. The van der Waals surface area contributed by atoms with Crippen LogP contribution in [0.4, 0.5) is 4.39 Å². The summed E-state index contributed by atoms with van der Waals surface area (Å²) in [5.41, 5.74) is 0.167. The van der Waals surface area contributed by atoms with Crippen LogP contribution in [0.5, 0.6) is 0 Å². The Bertz CT molecular complexity index is 439. The van der Waals surface area contributed by atoms with Crippen LogP contribution >= 0.6 is 0 Å². The number of halogens is 1. The molecular formula is C14H17FO4. The highest BCUT2D eigenvalue weighted by Crippen LogP contribution is 2.09. The molecule has 0 bridgehead atoms. The van der Waals surface area contributed by atoms with E-state index in [0.29, 0.717) is 13.2 Å². The highest BCUT2D eigenvalue weighted by molar-refractivity contribution is 6.08. The van der Waals surface area contributed by atoms with Gasteiger partial charge in [0.15, 0.2) is 11.6 Å². The van der Waals surface area contributed by atoms with E-state index in [1.165, 1.54) is 18.2 Å². The van der Waals surface area contributed by atoms with Crippen LogP contribution in [0.1, 0.15) is 30.6 Å². The van der Waals surface area contributed by atoms with Crippen molar-refractivity contribution in [2.75, 3.05) is 13.2 Å². The summed E-state index contributed by atoms with van der Waals surface area (Å²) >= 11 is 0. The van der Waals surface area contributed by atoms with E-state index in [4.69, 9.17) is 9.47 Å². The summed E-state index contributed by atoms with van der Waals surface area (Å²) in [5, 5.41) is 0. The first kappa shape index (κ1) is 15.5. The highest BCUT2D eigenvalue weighted by Gasteiger charge is 2.22. The fourth-order valence-electron chi connectivity index (χ4n) is 1.54. The Morgan fingerprint density at radius 3 is 2.37 bits per heavy atom. The fraction of sp³-hybridized carbons (Fsp3) is 0.429. The number of Topliss-reactive ketones (excluding diaryl/α,β-unsaturated/α-hetero) is 2. The van der Waals surface area contributed by atoms with E-state index in [2.05, 4.69) is 0 Å². The Balaban J connectivity index is 2.67. The van der Waals surface area contributed by atoms with Crippen LogP contribution in [0.3, 0.4) is 0 Å². The number of hydrogen-bond acceptors (Lipinski definition) is 4. The second kappa shape index (κ2) is 7.76. The van der Waals surface area contributed by atoms with Crippen molar-refractivity contribution in [3.8, 4) is 0 Å². The zero-order valence-corrected chi connectivity index (χ0v) is 11.0. The second-order valence-corrected chi connectivity index (χ2v) is 3.82. The van der Waals surface area contributed by atoms with Gasteiger partial charge in [0.2, 0.25) is 6.29 Å². The lowest BCUT2D eigenvalue weighted by Crippen LogP contribution is -2.29. The zero-order valence-electron chi connectivity index (χ0n) is 11.0. The summed E-state index contributed by atoms with van der Waals surface area (Å²) in [6.45, 7) is 4.08. The molecule has 19 heavy (non-hydrogen) atoms. The van der Waals surface area contributed by atoms with Gasteiger partial charge in [-0.25, -0.2) is 4.39 Å². The molecule has 0 unspecified atom stereocenters. The summed E-state index contributed by atoms with van der Waals surface area (Å²) in [7, 11) is 0. The van der Waals surface area contributed by atoms with Gasteiger partial charge in [0, 0.05) is 18.8 Å². The van der Waals surface area contributed by atoms with Crippen molar-refractivity contribution in [1.29, 1.82) is 0 Å². The van der Waals surface area contributed by atoms with Crippen molar-refractivity contribution in [2.24, 2.45) is 0 Å². The van der Waals surface area contributed by atoms with E-state index in [9.17, 15) is 14.0 Å². The van der Waals surface area contributed by atoms with E-state index < -0.39 is 23.7 Å². The number of carbonyl (C=O) groups excluding carboxylic acids is 2. The van der Waals surface area contributed by atoms with Gasteiger partial charge in [-0.3, -0.25) is 9.59 Å². The lowest BCUT2D eigenvalue weighted by atomic mass is 10.1. The fourth-order valence-corrected chi connectivity index (χ4v) is 1.54. The largest absolute Gasteiger partial charge is 0.346 e. The molecule has 1 aromatic rings. The topological polar surface area (TPSA) is 52.6 Å². The van der Waals surface area contributed by atoms with Crippen LogP contribution in [0, 0.1) is 5.82 Å². The summed E-state index contributed by atoms with van der Waals surface area (Å²) in [6.07, 6.45) is -1.40. The van der Waals surface area contributed by atoms with Crippen molar-refractivity contribution in [3.05, 3.63) is 35.6 Å². The Labute approximate surface area is 111 Å². The van der Waals surface area contributed by atoms with Gasteiger partial charge < -0.3 is 9.47 Å². The molecule has 1 rings (SSSR count). The molecule has 0 radical (unpaired) electrons. The SMILES string of the molecule is CCOC(OCC)C(=O)CC(=O)c1cccc(F)c1. The average Bonchev–Trinajstić information content (AvgIpc) is 2.38. The van der Waals surface area contributed by atoms with E-state index in [-0.39, 0.29) is 12.0 Å². The molecule has 1 aromatic carbocycles. The molecule has 0 atom stereocenters. The molecule has 0 spiro atoms. The second-order valence-electron chi connectivity index (χ2n) is 3.82. The normalized spacial score (nSPS) is 10.7. The van der Waals surface area contributed by atoms with Crippen molar-refractivity contribution in [1.82, 2.24) is 0 Å². The van der Waals surface area contributed by atoms with E-state index in [1.807, 2.05) is 0 Å². The third-order valence-corrected chi connectivity index (χ3v) is 2.38. The molecule has 0 fully saturated rings. The minimum Gasteiger partial charge on any atom is -0.346 e. The van der Waals surface area contributed by atoms with Crippen LogP contribution in [0.2, 0.25) is 0 Å². The summed E-state index contributed by atoms with van der Waals surface area (Å²) in [5.74, 6) is -1.42. The van der Waals surface area contributed by atoms with Crippen LogP contribution in [-0.2, 0) is 14.3 Å². The first-order valence-electron chi connectivity index (χ1n) is 6.13. The number of benzene rings is 1. The molecule has 0 N–H and O–H groups in total. The minimum absolute atomic E-state index is 0.167. The van der Waals surface area contributed by atoms with Crippen LogP contribution in [0.15, 0.2) is 24.3 Å². The first-order valence-corrected chi connectivity index (χ1v) is 6.13. The first-order chi connectivity index (χ1) is 9.08. The van der Waals surface area contributed by atoms with E-state index in [1.54, 1.807) is 13.8 Å². The number of ether oxygens (including phenoxy) is 2. The lowest BCUT2D eigenvalue weighted by molar-refractivity contribution is -0.166. The average molecular weight is 268 g/mol. The van der Waals surface area contributed by atoms with Crippen molar-refractivity contribution in [3.63, 3.8) is 0 Å². The lowest BCUT2D eigenvalue weighted by Gasteiger charge is -2.15. The number of rotatable bonds is 8. The van der Waals surface area contributed by atoms with Gasteiger partial charge in [-0.05, 0) is 26.0 Å². The third-order valence-electron chi connectivity index (χ3n) is 2.38. The molecule has 0 aliphatic rings. The molecule has 0 saturated carbocycles. The number of ketones is 2. The van der Waals surface area contributed by atoms with Gasteiger partial charge in [0.1, 0.15) is 5.82 Å². The van der Waals surface area contributed by atoms with Gasteiger partial charge in [-0.15, -0.1) is 0 Å². The smallest absolute Gasteiger partial charge is 0.218 e. The summed E-state index contributed by atoms with van der Waals surface area (Å²) < 4.78 is 23.2. The Morgan fingerprint density at radius 1 is 1.21 bits per heavy atom. The summed E-state index contributed by atoms with van der Waals surface area (Å²) in [6, 6.07) is 5.23. The molecule has 0 saturated heterocycles. The standard InChI is InChI=1S/C14H17FO4/c1-3-18-14(19-4-2)13(17)9-12(16)10-6-5-7-11(15)8-10/h5-8,14H,3-4,9H2,1-2H3. The van der Waals surface area contributed by atoms with Crippen LogP contribution in [0.25, 0.3) is 0 Å². The molecule has 104 valence electrons. The van der Waals surface area contributed by atoms with Crippen molar-refractivity contribution in [2.45, 2.75) is 26.6 Å². The molecule has 0 aliphatic carbocycles. The maximum atomic E-state index is 13.0. The highest BCUT2D eigenvalue weighted by atomic mass is 19.1. The monoisotopic (exact) mass is 268 g/mol. The molecule has 0 amide bonds. The van der Waals surface area contributed by atoms with Crippen LogP contribution in [-0.4, -0.2) is 31.1 Å². The van der Waals surface area contributed by atoms with Gasteiger partial charge >= 0.3 is 0 Å². The van der Waals surface area contributed by atoms with Crippen molar-refractivity contribution >= 4 is 11.6 Å². The van der Waals surface area contributed by atoms with Crippen LogP contribution < -0.4 is 0 Å². The zero-order chi connectivity index (χ0) is 14.3. The third kappa shape index (κ3) is 4.89. The predicted molar refractivity (Wildman–Crippen MR) is 67.4 cm³/mol. The molecular weight excluding hydrogens is 251 g/mol. The minimum atomic E-state index is -1.03. The van der Waals surface area contributed by atoms with E-state index in [0.717, 1.165) is 6.07 Å². The predicted octanol–water partition coefficient (Wildman–Crippen LogP) is 2.37. The van der Waals surface area contributed by atoms with E-state index >= 15 is 0 Å². The van der Waals surface area contributed by atoms with Gasteiger partial charge in [-0.1, -0.05) is 12.1 Å². The Hall–Kier alpha value is -1.59. The maximum absolute atomic E-state index is 13.0. The van der Waals surface area contributed by atoms with Gasteiger partial charge in [0.25, 0.3) is 0 Å². The Morgan fingerprint density at radius 2 is 1.84 bits per heavy atom. The molecule has 5 heteroatoms. The summed E-state index contributed by atoms with van der Waals surface area (Å²) in [4.78, 5) is 23.6. The maximum Gasteiger partial charge on any atom is 0.218 e. The number of hydrogen-bond donors (Lipinski definition) is 0. The molecule has 0 heterocycles. The van der Waals surface area contributed by atoms with Crippen molar-refractivity contribution < 1.29 is 23.5 Å². The molecule has 4 nitrogen and oxygen atoms in total. The quantitative estimate of drug-likeness (QED) is 0.412. The molecule has 0 aromatic heterocycles.